The summed E-state index contributed by atoms with van der Waals surface area (Å²) in [6.07, 6.45) is 0. The minimum absolute atomic E-state index is 0.380. The second-order valence-corrected chi connectivity index (χ2v) is 8.58. The molecule has 1 N–H and O–H groups in total. The summed E-state index contributed by atoms with van der Waals surface area (Å²) in [7, 11) is 3.13. The first-order chi connectivity index (χ1) is 16.3. The van der Waals surface area contributed by atoms with E-state index in [4.69, 9.17) is 18.7 Å². The fourth-order valence-corrected chi connectivity index (χ4v) is 4.56. The van der Waals surface area contributed by atoms with Gasteiger partial charge in [0.05, 0.1) is 31.5 Å². The van der Waals surface area contributed by atoms with Crippen LogP contribution in [0.1, 0.15) is 45.9 Å². The molecule has 1 heterocycles. The van der Waals surface area contributed by atoms with E-state index in [0.29, 0.717) is 22.8 Å². The maximum Gasteiger partial charge on any atom is 0.339 e. The Morgan fingerprint density at radius 3 is 2.56 bits per heavy atom. The quantitative estimate of drug-likeness (QED) is 0.328. The van der Waals surface area contributed by atoms with Gasteiger partial charge in [-0.15, -0.1) is 11.8 Å². The monoisotopic (exact) mass is 484 g/mol. The molecule has 8 nitrogen and oxygen atoms in total. The molecule has 9 heteroatoms. The van der Waals surface area contributed by atoms with Crippen LogP contribution in [0.2, 0.25) is 0 Å². The lowest BCUT2D eigenvalue weighted by atomic mass is 10.1. The van der Waals surface area contributed by atoms with Crippen molar-refractivity contribution in [2.45, 2.75) is 37.5 Å². The minimum atomic E-state index is -0.566. The molecule has 1 unspecified atom stereocenters. The molecule has 0 spiro atoms. The number of amides is 1. The van der Waals surface area contributed by atoms with Crippen LogP contribution < -0.4 is 14.8 Å². The van der Waals surface area contributed by atoms with E-state index in [1.54, 1.807) is 44.6 Å². The third kappa shape index (κ3) is 6.11. The topological polar surface area (TPSA) is 99.9 Å². The number of aryl methyl sites for hydroxylation is 2. The Morgan fingerprint density at radius 2 is 1.88 bits per heavy atom. The van der Waals surface area contributed by atoms with Crippen molar-refractivity contribution in [2.75, 3.05) is 20.8 Å². The second-order valence-electron chi connectivity index (χ2n) is 7.56. The van der Waals surface area contributed by atoms with Crippen molar-refractivity contribution in [1.82, 2.24) is 10.5 Å². The van der Waals surface area contributed by atoms with Gasteiger partial charge in [-0.1, -0.05) is 17.3 Å². The molecular weight excluding hydrogens is 456 g/mol. The molecule has 0 fully saturated rings. The average Bonchev–Trinajstić information content (AvgIpc) is 3.17. The molecule has 34 heavy (non-hydrogen) atoms. The van der Waals surface area contributed by atoms with Crippen molar-refractivity contribution < 1.29 is 28.3 Å². The van der Waals surface area contributed by atoms with E-state index in [0.717, 1.165) is 27.5 Å². The fraction of sp³-hybridized carbons (Fsp3) is 0.320. The number of carbonyl (C=O) groups excluding carboxylic acids is 2. The Balaban J connectivity index is 1.60. The molecular formula is C25H28N2O6S. The van der Waals surface area contributed by atoms with Crippen molar-refractivity contribution in [3.8, 4) is 11.5 Å². The molecule has 3 rings (SSSR count). The molecule has 180 valence electrons. The standard InChI is InChI=1S/C25H28N2O6S/c1-15(20-12-18(30-4)10-11-22(20)31-5)26-24(28)13-32-25(29)19-8-6-7-9-23(19)34-14-21-16(2)27-33-17(21)3/h6-12,15H,13-14H2,1-5H3,(H,26,28). The van der Waals surface area contributed by atoms with E-state index in [1.165, 1.54) is 11.8 Å². The Labute approximate surface area is 202 Å². The highest BCUT2D eigenvalue weighted by molar-refractivity contribution is 7.98. The van der Waals surface area contributed by atoms with Gasteiger partial charge in [0.15, 0.2) is 6.61 Å². The van der Waals surface area contributed by atoms with E-state index in [9.17, 15) is 9.59 Å². The Hall–Kier alpha value is -3.46. The third-order valence-electron chi connectivity index (χ3n) is 5.28. The number of benzene rings is 2. The van der Waals surface area contributed by atoms with Crippen LogP contribution in [0.3, 0.4) is 0 Å². The van der Waals surface area contributed by atoms with Gasteiger partial charge in [0, 0.05) is 21.8 Å². The van der Waals surface area contributed by atoms with Gasteiger partial charge in [-0.3, -0.25) is 4.79 Å². The molecule has 1 amide bonds. The van der Waals surface area contributed by atoms with Gasteiger partial charge in [0.1, 0.15) is 17.3 Å². The van der Waals surface area contributed by atoms with E-state index < -0.39 is 18.5 Å². The van der Waals surface area contributed by atoms with Crippen LogP contribution in [0.15, 0.2) is 51.9 Å². The van der Waals surface area contributed by atoms with Crippen molar-refractivity contribution in [1.29, 1.82) is 0 Å². The molecule has 0 saturated carbocycles. The number of esters is 1. The second kappa shape index (κ2) is 11.6. The lowest BCUT2D eigenvalue weighted by Gasteiger charge is -2.18. The van der Waals surface area contributed by atoms with Crippen LogP contribution in [-0.2, 0) is 15.3 Å². The molecule has 0 aliphatic heterocycles. The van der Waals surface area contributed by atoms with Crippen molar-refractivity contribution in [3.63, 3.8) is 0 Å². The molecule has 1 atom stereocenters. The van der Waals surface area contributed by atoms with Gasteiger partial charge in [-0.2, -0.15) is 0 Å². The van der Waals surface area contributed by atoms with Crippen LogP contribution in [0, 0.1) is 13.8 Å². The Bertz CT molecular complexity index is 1140. The molecule has 1 aromatic heterocycles. The number of aromatic nitrogens is 1. The predicted molar refractivity (Wildman–Crippen MR) is 128 cm³/mol. The van der Waals surface area contributed by atoms with Gasteiger partial charge in [-0.25, -0.2) is 4.79 Å². The summed E-state index contributed by atoms with van der Waals surface area (Å²) in [5.74, 6) is 1.63. The highest BCUT2D eigenvalue weighted by Crippen LogP contribution is 2.30. The highest BCUT2D eigenvalue weighted by atomic mass is 32.2. The van der Waals surface area contributed by atoms with Crippen molar-refractivity contribution in [3.05, 3.63) is 70.6 Å². The lowest BCUT2D eigenvalue weighted by Crippen LogP contribution is -2.31. The number of nitrogens with one attached hydrogen (secondary N) is 1. The van der Waals surface area contributed by atoms with Crippen LogP contribution in [-0.4, -0.2) is 37.9 Å². The zero-order valence-electron chi connectivity index (χ0n) is 19.8. The Kier molecular flexibility index (Phi) is 8.59. The molecule has 0 radical (unpaired) electrons. The zero-order chi connectivity index (χ0) is 24.7. The molecule has 0 aliphatic carbocycles. The SMILES string of the molecule is COc1ccc(OC)c(C(C)NC(=O)COC(=O)c2ccccc2SCc2c(C)noc2C)c1. The lowest BCUT2D eigenvalue weighted by molar-refractivity contribution is -0.124. The normalized spacial score (nSPS) is 11.6. The van der Waals surface area contributed by atoms with E-state index in [1.807, 2.05) is 32.9 Å². The van der Waals surface area contributed by atoms with Gasteiger partial charge >= 0.3 is 5.97 Å². The Morgan fingerprint density at radius 1 is 1.12 bits per heavy atom. The number of ether oxygens (including phenoxy) is 3. The fourth-order valence-electron chi connectivity index (χ4n) is 3.37. The van der Waals surface area contributed by atoms with Crippen molar-refractivity contribution in [2.24, 2.45) is 0 Å². The molecule has 0 saturated heterocycles. The number of hydrogen-bond donors (Lipinski definition) is 1. The van der Waals surface area contributed by atoms with Gasteiger partial charge < -0.3 is 24.1 Å². The predicted octanol–water partition coefficient (Wildman–Crippen LogP) is 4.64. The van der Waals surface area contributed by atoms with Gasteiger partial charge in [0.2, 0.25) is 0 Å². The summed E-state index contributed by atoms with van der Waals surface area (Å²) < 4.78 is 21.1. The summed E-state index contributed by atoms with van der Waals surface area (Å²) in [5, 5.41) is 6.79. The summed E-state index contributed by atoms with van der Waals surface area (Å²) in [5.41, 5.74) is 2.97. The number of methoxy groups -OCH3 is 2. The number of rotatable bonds is 10. The van der Waals surface area contributed by atoms with Crippen molar-refractivity contribution >= 4 is 23.6 Å². The zero-order valence-corrected chi connectivity index (χ0v) is 20.7. The average molecular weight is 485 g/mol. The third-order valence-corrected chi connectivity index (χ3v) is 6.38. The first-order valence-corrected chi connectivity index (χ1v) is 11.6. The molecule has 0 bridgehead atoms. The largest absolute Gasteiger partial charge is 0.497 e. The van der Waals surface area contributed by atoms with Gasteiger partial charge in [0.25, 0.3) is 5.91 Å². The number of thioether (sulfide) groups is 1. The first kappa shape index (κ1) is 25.2. The van der Waals surface area contributed by atoms with Crippen LogP contribution in [0.5, 0.6) is 11.5 Å². The number of hydrogen-bond acceptors (Lipinski definition) is 8. The molecule has 3 aromatic rings. The van der Waals surface area contributed by atoms with Crippen LogP contribution in [0.4, 0.5) is 0 Å². The summed E-state index contributed by atoms with van der Waals surface area (Å²) >= 11 is 1.48. The maximum absolute atomic E-state index is 12.7. The van der Waals surface area contributed by atoms with Crippen LogP contribution in [0.25, 0.3) is 0 Å². The summed E-state index contributed by atoms with van der Waals surface area (Å²) in [6, 6.07) is 12.1. The van der Waals surface area contributed by atoms with E-state index >= 15 is 0 Å². The maximum atomic E-state index is 12.7. The summed E-state index contributed by atoms with van der Waals surface area (Å²) in [6.45, 7) is 5.15. The molecule has 0 aliphatic rings. The molecule has 2 aromatic carbocycles. The van der Waals surface area contributed by atoms with Crippen LogP contribution >= 0.6 is 11.8 Å². The highest BCUT2D eigenvalue weighted by Gasteiger charge is 2.19. The first-order valence-electron chi connectivity index (χ1n) is 10.7. The minimum Gasteiger partial charge on any atom is -0.497 e. The number of carbonyl (C=O) groups is 2. The smallest absolute Gasteiger partial charge is 0.339 e. The van der Waals surface area contributed by atoms with E-state index in [-0.39, 0.29) is 6.04 Å². The summed E-state index contributed by atoms with van der Waals surface area (Å²) in [4.78, 5) is 25.9. The van der Waals surface area contributed by atoms with Gasteiger partial charge in [-0.05, 0) is 51.1 Å². The van der Waals surface area contributed by atoms with E-state index in [2.05, 4.69) is 10.5 Å². The number of nitrogens with zero attached hydrogens (tertiary/aromatic N) is 1.